The van der Waals surface area contributed by atoms with Crippen molar-refractivity contribution in [3.05, 3.63) is 44.9 Å². The Labute approximate surface area is 159 Å². The number of amides is 1. The summed E-state index contributed by atoms with van der Waals surface area (Å²) in [5, 5.41) is 1.08. The van der Waals surface area contributed by atoms with E-state index in [0.29, 0.717) is 11.3 Å². The number of aromatic nitrogens is 1. The van der Waals surface area contributed by atoms with Crippen LogP contribution in [0.2, 0.25) is 0 Å². The fraction of sp³-hybridized carbons (Fsp3) is 0.412. The number of nitrogen functional groups attached to an aromatic ring is 1. The Balaban J connectivity index is 0.00000144. The lowest BCUT2D eigenvalue weighted by molar-refractivity contribution is 0.0717. The van der Waals surface area contributed by atoms with E-state index in [0.717, 1.165) is 29.8 Å². The first-order valence-electron chi connectivity index (χ1n) is 7.57. The Kier molecular flexibility index (Phi) is 7.08. The lowest BCUT2D eigenvalue weighted by atomic mass is 9.96. The number of benzene rings is 1. The third kappa shape index (κ3) is 3.85. The Hall–Kier alpha value is -1.30. The summed E-state index contributed by atoms with van der Waals surface area (Å²) in [5.74, 6) is 0.0358. The number of aryl methyl sites for hydroxylation is 3. The zero-order valence-corrected chi connectivity index (χ0v) is 16.5. The van der Waals surface area contributed by atoms with Gasteiger partial charge in [0.25, 0.3) is 5.91 Å². The number of anilines is 1. The summed E-state index contributed by atoms with van der Waals surface area (Å²) in [6, 6.07) is 5.63. The lowest BCUT2D eigenvalue weighted by Crippen LogP contribution is -2.33. The standard InChI is InChI=1S/C17H21N3OS.2ClH/c1-10-7-8-12(18)9-13(10)17(21)20(3)15-6-4-5-14-16(15)22-11(2)19-14;;/h7-9,15H,4-6,18H2,1-3H3;2*1H. The van der Waals surface area contributed by atoms with E-state index in [-0.39, 0.29) is 36.8 Å². The van der Waals surface area contributed by atoms with Crippen LogP contribution in [0.5, 0.6) is 0 Å². The van der Waals surface area contributed by atoms with Gasteiger partial charge in [0.1, 0.15) is 0 Å². The van der Waals surface area contributed by atoms with Gasteiger partial charge in [-0.3, -0.25) is 4.79 Å². The molecule has 2 N–H and O–H groups in total. The molecule has 0 spiro atoms. The third-order valence-electron chi connectivity index (χ3n) is 4.31. The summed E-state index contributed by atoms with van der Waals surface area (Å²) in [7, 11) is 1.89. The van der Waals surface area contributed by atoms with Crippen LogP contribution < -0.4 is 5.73 Å². The van der Waals surface area contributed by atoms with E-state index in [1.54, 1.807) is 17.4 Å². The van der Waals surface area contributed by atoms with E-state index in [1.807, 2.05) is 37.9 Å². The molecule has 0 saturated carbocycles. The van der Waals surface area contributed by atoms with Gasteiger partial charge in [-0.1, -0.05) is 6.07 Å². The average molecular weight is 388 g/mol. The summed E-state index contributed by atoms with van der Waals surface area (Å²) in [6.07, 6.45) is 3.10. The van der Waals surface area contributed by atoms with E-state index >= 15 is 0 Å². The van der Waals surface area contributed by atoms with Crippen LogP contribution in [0, 0.1) is 13.8 Å². The zero-order valence-electron chi connectivity index (χ0n) is 14.0. The molecule has 0 radical (unpaired) electrons. The Morgan fingerprint density at radius 1 is 1.33 bits per heavy atom. The molecule has 0 saturated heterocycles. The fourth-order valence-corrected chi connectivity index (χ4v) is 4.24. The number of rotatable bonds is 2. The maximum atomic E-state index is 12.9. The van der Waals surface area contributed by atoms with Crippen molar-refractivity contribution in [1.82, 2.24) is 9.88 Å². The summed E-state index contributed by atoms with van der Waals surface area (Å²) < 4.78 is 0. The van der Waals surface area contributed by atoms with Crippen LogP contribution >= 0.6 is 36.2 Å². The van der Waals surface area contributed by atoms with Gasteiger partial charge < -0.3 is 10.6 Å². The van der Waals surface area contributed by atoms with Gasteiger partial charge in [-0.05, 0) is 50.8 Å². The first-order chi connectivity index (χ1) is 10.5. The second-order valence-corrected chi connectivity index (χ2v) is 7.18. The van der Waals surface area contributed by atoms with Crippen molar-refractivity contribution in [2.45, 2.75) is 39.2 Å². The van der Waals surface area contributed by atoms with E-state index in [9.17, 15) is 4.79 Å². The molecule has 1 aliphatic rings. The van der Waals surface area contributed by atoms with Crippen LogP contribution in [0.15, 0.2) is 18.2 Å². The van der Waals surface area contributed by atoms with Gasteiger partial charge in [0, 0.05) is 18.3 Å². The predicted octanol–water partition coefficient (Wildman–Crippen LogP) is 4.34. The van der Waals surface area contributed by atoms with Crippen molar-refractivity contribution in [2.24, 2.45) is 0 Å². The SMILES string of the molecule is Cc1nc2c(s1)C(N(C)C(=O)c1cc(N)ccc1C)CCC2.Cl.Cl. The van der Waals surface area contributed by atoms with Crippen molar-refractivity contribution < 1.29 is 4.79 Å². The van der Waals surface area contributed by atoms with E-state index in [4.69, 9.17) is 5.73 Å². The van der Waals surface area contributed by atoms with Crippen LogP contribution in [0.4, 0.5) is 5.69 Å². The molecular formula is C17H23Cl2N3OS. The molecule has 0 aliphatic heterocycles. The van der Waals surface area contributed by atoms with E-state index in [2.05, 4.69) is 4.98 Å². The van der Waals surface area contributed by atoms with Crippen LogP contribution in [-0.2, 0) is 6.42 Å². The fourth-order valence-electron chi connectivity index (χ4n) is 3.09. The molecule has 132 valence electrons. The Morgan fingerprint density at radius 3 is 2.75 bits per heavy atom. The predicted molar refractivity (Wildman–Crippen MR) is 105 cm³/mol. The van der Waals surface area contributed by atoms with Crippen molar-refractivity contribution in [2.75, 3.05) is 12.8 Å². The van der Waals surface area contributed by atoms with Crippen molar-refractivity contribution >= 4 is 47.7 Å². The Morgan fingerprint density at radius 2 is 2.04 bits per heavy atom. The topological polar surface area (TPSA) is 59.2 Å². The molecule has 1 aliphatic carbocycles. The van der Waals surface area contributed by atoms with Crippen LogP contribution in [0.1, 0.15) is 50.4 Å². The first kappa shape index (κ1) is 20.7. The quantitative estimate of drug-likeness (QED) is 0.779. The van der Waals surface area contributed by atoms with Crippen molar-refractivity contribution in [3.8, 4) is 0 Å². The highest BCUT2D eigenvalue weighted by Crippen LogP contribution is 2.38. The average Bonchev–Trinajstić information content (AvgIpc) is 2.88. The molecule has 0 bridgehead atoms. The number of nitrogens with two attached hydrogens (primary N) is 1. The van der Waals surface area contributed by atoms with Gasteiger partial charge in [0.05, 0.1) is 21.6 Å². The van der Waals surface area contributed by atoms with Gasteiger partial charge in [-0.2, -0.15) is 0 Å². The van der Waals surface area contributed by atoms with Crippen LogP contribution in [0.25, 0.3) is 0 Å². The molecule has 1 amide bonds. The minimum absolute atomic E-state index is 0. The summed E-state index contributed by atoms with van der Waals surface area (Å²) >= 11 is 1.72. The molecule has 1 heterocycles. The summed E-state index contributed by atoms with van der Waals surface area (Å²) in [4.78, 5) is 20.6. The number of hydrogen-bond donors (Lipinski definition) is 1. The highest BCUT2D eigenvalue weighted by Gasteiger charge is 2.30. The second-order valence-electron chi connectivity index (χ2n) is 5.94. The number of carbonyl (C=O) groups excluding carboxylic acids is 1. The molecule has 4 nitrogen and oxygen atoms in total. The zero-order chi connectivity index (χ0) is 15.9. The van der Waals surface area contributed by atoms with Gasteiger partial charge >= 0.3 is 0 Å². The van der Waals surface area contributed by atoms with Gasteiger partial charge in [-0.15, -0.1) is 36.2 Å². The third-order valence-corrected chi connectivity index (χ3v) is 5.42. The van der Waals surface area contributed by atoms with Gasteiger partial charge in [-0.25, -0.2) is 4.98 Å². The molecule has 2 aromatic rings. The van der Waals surface area contributed by atoms with E-state index in [1.165, 1.54) is 10.6 Å². The smallest absolute Gasteiger partial charge is 0.254 e. The normalized spacial score (nSPS) is 15.7. The molecular weight excluding hydrogens is 365 g/mol. The van der Waals surface area contributed by atoms with Crippen LogP contribution in [0.3, 0.4) is 0 Å². The molecule has 3 rings (SSSR count). The number of thiazole rings is 1. The molecule has 1 atom stereocenters. The van der Waals surface area contributed by atoms with Gasteiger partial charge in [0.2, 0.25) is 0 Å². The lowest BCUT2D eigenvalue weighted by Gasteiger charge is -2.31. The first-order valence-corrected chi connectivity index (χ1v) is 8.38. The summed E-state index contributed by atoms with van der Waals surface area (Å²) in [6.45, 7) is 3.98. The number of carbonyl (C=O) groups is 1. The highest BCUT2D eigenvalue weighted by molar-refractivity contribution is 7.11. The summed E-state index contributed by atoms with van der Waals surface area (Å²) in [5.41, 5.74) is 9.29. The number of nitrogens with zero attached hydrogens (tertiary/aromatic N) is 2. The Bertz CT molecular complexity index is 733. The maximum Gasteiger partial charge on any atom is 0.254 e. The minimum Gasteiger partial charge on any atom is -0.399 e. The maximum absolute atomic E-state index is 12.9. The van der Waals surface area contributed by atoms with Crippen LogP contribution in [-0.4, -0.2) is 22.8 Å². The molecule has 24 heavy (non-hydrogen) atoms. The molecule has 1 aromatic carbocycles. The van der Waals surface area contributed by atoms with Crippen molar-refractivity contribution in [3.63, 3.8) is 0 Å². The highest BCUT2D eigenvalue weighted by atomic mass is 35.5. The number of hydrogen-bond acceptors (Lipinski definition) is 4. The molecule has 1 aromatic heterocycles. The second kappa shape index (κ2) is 8.19. The monoisotopic (exact) mass is 387 g/mol. The van der Waals surface area contributed by atoms with E-state index < -0.39 is 0 Å². The largest absolute Gasteiger partial charge is 0.399 e. The molecule has 7 heteroatoms. The van der Waals surface area contributed by atoms with Gasteiger partial charge in [0.15, 0.2) is 0 Å². The number of fused-ring (bicyclic) bond motifs is 1. The number of halogens is 2. The molecule has 0 fully saturated rings. The van der Waals surface area contributed by atoms with Crippen molar-refractivity contribution in [1.29, 1.82) is 0 Å². The minimum atomic E-state index is 0. The molecule has 1 unspecified atom stereocenters.